The Morgan fingerprint density at radius 1 is 0.895 bits per heavy atom. The molecule has 0 spiro atoms. The number of nitrogens with zero attached hydrogens (tertiary/aromatic N) is 1. The van der Waals surface area contributed by atoms with Crippen LogP contribution in [0.1, 0.15) is 18.9 Å². The summed E-state index contributed by atoms with van der Waals surface area (Å²) in [6.07, 6.45) is 3.36. The number of benzene rings is 2. The molecule has 0 atom stereocenters. The molecule has 0 saturated heterocycles. The molecule has 0 fully saturated rings. The summed E-state index contributed by atoms with van der Waals surface area (Å²) in [5.74, 6) is 0. The first-order valence-electron chi connectivity index (χ1n) is 6.94. The summed E-state index contributed by atoms with van der Waals surface area (Å²) >= 11 is 0. The van der Waals surface area contributed by atoms with Gasteiger partial charge in [0.1, 0.15) is 0 Å². The topological polar surface area (TPSA) is 4.93 Å². The molecule has 0 amide bonds. The number of hydrogen-bond donors (Lipinski definition) is 0. The SMILES string of the molecule is CCCn1ccc2cc(-c3ccc(C)cc3)ccc21. The minimum atomic E-state index is 1.09. The van der Waals surface area contributed by atoms with Crippen molar-refractivity contribution in [2.75, 3.05) is 0 Å². The third-order valence-electron chi connectivity index (χ3n) is 3.62. The van der Waals surface area contributed by atoms with Crippen LogP contribution in [-0.4, -0.2) is 4.57 Å². The van der Waals surface area contributed by atoms with Gasteiger partial charge in [-0.2, -0.15) is 0 Å². The van der Waals surface area contributed by atoms with Crippen LogP contribution >= 0.6 is 0 Å². The molecule has 2 aromatic carbocycles. The fourth-order valence-electron chi connectivity index (χ4n) is 2.56. The largest absolute Gasteiger partial charge is 0.347 e. The van der Waals surface area contributed by atoms with E-state index in [0.717, 1.165) is 6.54 Å². The second-order valence-electron chi connectivity index (χ2n) is 5.15. The Bertz CT molecular complexity index is 689. The Balaban J connectivity index is 2.04. The first-order valence-corrected chi connectivity index (χ1v) is 6.94. The summed E-state index contributed by atoms with van der Waals surface area (Å²) in [7, 11) is 0. The molecule has 96 valence electrons. The van der Waals surface area contributed by atoms with Crippen molar-refractivity contribution >= 4 is 10.9 Å². The average Bonchev–Trinajstić information content (AvgIpc) is 2.83. The highest BCUT2D eigenvalue weighted by Gasteiger charge is 2.03. The van der Waals surface area contributed by atoms with Crippen molar-refractivity contribution in [2.24, 2.45) is 0 Å². The normalized spacial score (nSPS) is 11.1. The van der Waals surface area contributed by atoms with Gasteiger partial charge in [-0.25, -0.2) is 0 Å². The molecule has 1 aromatic heterocycles. The highest BCUT2D eigenvalue weighted by Crippen LogP contribution is 2.25. The Kier molecular flexibility index (Phi) is 3.12. The van der Waals surface area contributed by atoms with Crippen LogP contribution in [0.15, 0.2) is 54.7 Å². The fraction of sp³-hybridized carbons (Fsp3) is 0.222. The zero-order chi connectivity index (χ0) is 13.2. The predicted molar refractivity (Wildman–Crippen MR) is 82.4 cm³/mol. The molecule has 0 N–H and O–H groups in total. The van der Waals surface area contributed by atoms with Gasteiger partial charge in [-0.15, -0.1) is 0 Å². The molecule has 0 aliphatic rings. The van der Waals surface area contributed by atoms with Gasteiger partial charge in [0.15, 0.2) is 0 Å². The maximum atomic E-state index is 2.33. The second kappa shape index (κ2) is 4.93. The highest BCUT2D eigenvalue weighted by molar-refractivity contribution is 5.85. The maximum Gasteiger partial charge on any atom is 0.0480 e. The monoisotopic (exact) mass is 249 g/mol. The van der Waals surface area contributed by atoms with Crippen molar-refractivity contribution in [1.29, 1.82) is 0 Å². The van der Waals surface area contributed by atoms with Crippen molar-refractivity contribution in [2.45, 2.75) is 26.8 Å². The molecule has 0 saturated carbocycles. The van der Waals surface area contributed by atoms with Gasteiger partial charge >= 0.3 is 0 Å². The molecule has 0 bridgehead atoms. The van der Waals surface area contributed by atoms with Crippen LogP contribution in [-0.2, 0) is 6.54 Å². The lowest BCUT2D eigenvalue weighted by Gasteiger charge is -2.05. The van der Waals surface area contributed by atoms with Crippen LogP contribution in [0.25, 0.3) is 22.0 Å². The molecular weight excluding hydrogens is 230 g/mol. The fourth-order valence-corrected chi connectivity index (χ4v) is 2.56. The van der Waals surface area contributed by atoms with E-state index < -0.39 is 0 Å². The van der Waals surface area contributed by atoms with Crippen LogP contribution in [0.3, 0.4) is 0 Å². The van der Waals surface area contributed by atoms with Crippen LogP contribution in [0.5, 0.6) is 0 Å². The quantitative estimate of drug-likeness (QED) is 0.613. The van der Waals surface area contributed by atoms with Gasteiger partial charge in [0.25, 0.3) is 0 Å². The summed E-state index contributed by atoms with van der Waals surface area (Å²) in [5, 5.41) is 1.33. The minimum Gasteiger partial charge on any atom is -0.347 e. The van der Waals surface area contributed by atoms with Gasteiger partial charge < -0.3 is 4.57 Å². The standard InChI is InChI=1S/C18H19N/c1-3-11-19-12-10-17-13-16(8-9-18(17)19)15-6-4-14(2)5-7-15/h4-10,12-13H,3,11H2,1-2H3. The zero-order valence-electron chi connectivity index (χ0n) is 11.6. The summed E-state index contributed by atoms with van der Waals surface area (Å²) in [5.41, 5.74) is 5.22. The van der Waals surface area contributed by atoms with Gasteiger partial charge in [0, 0.05) is 23.6 Å². The average molecular weight is 249 g/mol. The van der Waals surface area contributed by atoms with E-state index in [1.165, 1.54) is 34.0 Å². The van der Waals surface area contributed by atoms with Crippen molar-refractivity contribution < 1.29 is 0 Å². The van der Waals surface area contributed by atoms with Crippen LogP contribution in [0.2, 0.25) is 0 Å². The number of rotatable bonds is 3. The van der Waals surface area contributed by atoms with Gasteiger partial charge in [-0.3, -0.25) is 0 Å². The Hall–Kier alpha value is -2.02. The Morgan fingerprint density at radius 3 is 2.37 bits per heavy atom. The van der Waals surface area contributed by atoms with E-state index in [1.807, 2.05) is 0 Å². The molecule has 3 rings (SSSR count). The van der Waals surface area contributed by atoms with E-state index in [9.17, 15) is 0 Å². The van der Waals surface area contributed by atoms with E-state index in [1.54, 1.807) is 0 Å². The van der Waals surface area contributed by atoms with Crippen molar-refractivity contribution in [3.8, 4) is 11.1 Å². The van der Waals surface area contributed by atoms with Crippen LogP contribution in [0.4, 0.5) is 0 Å². The smallest absolute Gasteiger partial charge is 0.0480 e. The lowest BCUT2D eigenvalue weighted by molar-refractivity contribution is 0.703. The predicted octanol–water partition coefficient (Wildman–Crippen LogP) is 5.03. The van der Waals surface area contributed by atoms with Crippen molar-refractivity contribution in [3.63, 3.8) is 0 Å². The van der Waals surface area contributed by atoms with Crippen LogP contribution < -0.4 is 0 Å². The summed E-state index contributed by atoms with van der Waals surface area (Å²) in [6.45, 7) is 5.43. The molecule has 0 aliphatic heterocycles. The number of aromatic nitrogens is 1. The molecule has 3 aromatic rings. The van der Waals surface area contributed by atoms with Gasteiger partial charge in [0.2, 0.25) is 0 Å². The molecule has 1 heterocycles. The van der Waals surface area contributed by atoms with Crippen molar-refractivity contribution in [3.05, 3.63) is 60.3 Å². The molecule has 0 unspecified atom stereocenters. The molecule has 0 aliphatic carbocycles. The second-order valence-corrected chi connectivity index (χ2v) is 5.15. The number of aryl methyl sites for hydroxylation is 2. The van der Waals surface area contributed by atoms with Crippen molar-refractivity contribution in [1.82, 2.24) is 4.57 Å². The van der Waals surface area contributed by atoms with Crippen LogP contribution in [0, 0.1) is 6.92 Å². The zero-order valence-corrected chi connectivity index (χ0v) is 11.6. The minimum absolute atomic E-state index is 1.09. The van der Waals surface area contributed by atoms with E-state index in [-0.39, 0.29) is 0 Å². The van der Waals surface area contributed by atoms with Gasteiger partial charge in [-0.1, -0.05) is 42.8 Å². The molecule has 19 heavy (non-hydrogen) atoms. The highest BCUT2D eigenvalue weighted by atomic mass is 14.9. The van der Waals surface area contributed by atoms with E-state index in [2.05, 4.69) is 73.1 Å². The lowest BCUT2D eigenvalue weighted by atomic mass is 10.0. The summed E-state index contributed by atoms with van der Waals surface area (Å²) in [4.78, 5) is 0. The van der Waals surface area contributed by atoms with Gasteiger partial charge in [-0.05, 0) is 42.7 Å². The number of hydrogen-bond acceptors (Lipinski definition) is 0. The molecule has 1 heteroatoms. The van der Waals surface area contributed by atoms with Gasteiger partial charge in [0.05, 0.1) is 0 Å². The third kappa shape index (κ3) is 2.28. The number of fused-ring (bicyclic) bond motifs is 1. The summed E-state index contributed by atoms with van der Waals surface area (Å²) < 4.78 is 2.33. The maximum absolute atomic E-state index is 2.33. The third-order valence-corrected chi connectivity index (χ3v) is 3.62. The van der Waals surface area contributed by atoms with E-state index >= 15 is 0 Å². The lowest BCUT2D eigenvalue weighted by Crippen LogP contribution is -1.93. The summed E-state index contributed by atoms with van der Waals surface area (Å²) in [6, 6.07) is 17.7. The van der Waals surface area contributed by atoms with E-state index in [0.29, 0.717) is 0 Å². The first kappa shape index (κ1) is 12.0. The molecule has 1 nitrogen and oxygen atoms in total. The Labute approximate surface area is 114 Å². The first-order chi connectivity index (χ1) is 9.28. The molecular formula is C18H19N. The van der Waals surface area contributed by atoms with E-state index in [4.69, 9.17) is 0 Å². The Morgan fingerprint density at radius 2 is 1.63 bits per heavy atom. The molecule has 0 radical (unpaired) electrons.